The third kappa shape index (κ3) is 5.35. The second-order valence-corrected chi connectivity index (χ2v) is 8.70. The Hall–Kier alpha value is -3.61. The molecule has 0 saturated carbocycles. The Labute approximate surface area is 182 Å². The van der Waals surface area contributed by atoms with E-state index in [1.807, 2.05) is 0 Å². The Balaban J connectivity index is 1.81. The largest absolute Gasteiger partial charge is 0.441 e. The minimum absolute atomic E-state index is 0.116. The Bertz CT molecular complexity index is 1280. The van der Waals surface area contributed by atoms with Crippen molar-refractivity contribution < 1.29 is 26.7 Å². The molecule has 0 spiro atoms. The average Bonchev–Trinajstić information content (AvgIpc) is 3.04. The molecule has 0 bridgehead atoms. The van der Waals surface area contributed by atoms with Crippen molar-refractivity contribution >= 4 is 27.6 Å². The summed E-state index contributed by atoms with van der Waals surface area (Å²) in [6.45, 7) is 3.00. The van der Waals surface area contributed by atoms with E-state index in [9.17, 15) is 22.0 Å². The van der Waals surface area contributed by atoms with Crippen molar-refractivity contribution in [2.75, 3.05) is 16.3 Å². The lowest BCUT2D eigenvalue weighted by molar-refractivity contribution is 0.118. The molecule has 1 aromatic carbocycles. The van der Waals surface area contributed by atoms with Crippen LogP contribution in [0.2, 0.25) is 0 Å². The van der Waals surface area contributed by atoms with Crippen LogP contribution in [0.3, 0.4) is 0 Å². The van der Waals surface area contributed by atoms with Crippen LogP contribution in [0.1, 0.15) is 24.3 Å². The second-order valence-electron chi connectivity index (χ2n) is 6.95. The van der Waals surface area contributed by atoms with E-state index in [2.05, 4.69) is 25.3 Å². The zero-order valence-corrected chi connectivity index (χ0v) is 18.4. The number of aryl methyl sites for hydroxylation is 2. The third-order valence-corrected chi connectivity index (χ3v) is 4.94. The fraction of sp³-hybridized carbons (Fsp3) is 0.263. The van der Waals surface area contributed by atoms with Crippen LogP contribution >= 0.6 is 0 Å². The Morgan fingerprint density at radius 3 is 2.59 bits per heavy atom. The number of amides is 1. The number of nitrogens with one attached hydrogen (secondary N) is 2. The van der Waals surface area contributed by atoms with Crippen LogP contribution in [0, 0.1) is 18.6 Å². The fourth-order valence-corrected chi connectivity index (χ4v) is 3.46. The zero-order valence-electron chi connectivity index (χ0n) is 17.6. The van der Waals surface area contributed by atoms with Gasteiger partial charge in [0, 0.05) is 12.6 Å². The van der Waals surface area contributed by atoms with Gasteiger partial charge >= 0.3 is 6.09 Å². The van der Waals surface area contributed by atoms with E-state index in [0.29, 0.717) is 17.1 Å². The SMILES string of the molecule is Cc1nc(-c2nnn(C)c2NC(=O)O[C@H](C)c2cc(F)ccc2F)ccc1NS(C)(=O)=O. The number of halogens is 2. The number of nitrogens with zero attached hydrogens (tertiary/aromatic N) is 4. The number of anilines is 2. The molecule has 3 aromatic rings. The molecule has 0 aliphatic carbocycles. The van der Waals surface area contributed by atoms with Crippen LogP contribution < -0.4 is 10.0 Å². The summed E-state index contributed by atoms with van der Waals surface area (Å²) in [5.74, 6) is -1.24. The van der Waals surface area contributed by atoms with Gasteiger partial charge in [-0.25, -0.2) is 31.7 Å². The molecule has 0 unspecified atom stereocenters. The summed E-state index contributed by atoms with van der Waals surface area (Å²) >= 11 is 0. The first-order chi connectivity index (χ1) is 14.9. The topological polar surface area (TPSA) is 128 Å². The molecule has 13 heteroatoms. The van der Waals surface area contributed by atoms with Crippen LogP contribution in [0.15, 0.2) is 30.3 Å². The maximum Gasteiger partial charge on any atom is 0.413 e. The molecule has 2 aromatic heterocycles. The first-order valence-electron chi connectivity index (χ1n) is 9.22. The monoisotopic (exact) mass is 466 g/mol. The first-order valence-corrected chi connectivity index (χ1v) is 11.1. The number of pyridine rings is 1. The molecular formula is C19H20F2N6O4S. The molecule has 1 atom stereocenters. The van der Waals surface area contributed by atoms with E-state index in [-0.39, 0.29) is 17.1 Å². The number of ether oxygens (including phenoxy) is 1. The minimum Gasteiger partial charge on any atom is -0.441 e. The van der Waals surface area contributed by atoms with Crippen LogP contribution in [-0.2, 0) is 21.8 Å². The number of carbonyl (C=O) groups excluding carboxylic acids is 1. The summed E-state index contributed by atoms with van der Waals surface area (Å²) in [6.07, 6.45) is -0.996. The standard InChI is InChI=1S/C19H20F2N6O4S/c1-10-15(25-32(4,29)30)7-8-16(22-10)17-18(27(3)26-24-17)23-19(28)31-11(2)13-9-12(20)5-6-14(13)21/h5-9,11,25H,1-4H3,(H,23,28)/t11-/m1/s1. The molecule has 32 heavy (non-hydrogen) atoms. The molecule has 10 nitrogen and oxygen atoms in total. The van der Waals surface area contributed by atoms with Crippen molar-refractivity contribution in [2.45, 2.75) is 20.0 Å². The minimum atomic E-state index is -3.48. The fourth-order valence-electron chi connectivity index (χ4n) is 2.85. The number of hydrogen-bond donors (Lipinski definition) is 2. The number of aromatic nitrogens is 4. The van der Waals surface area contributed by atoms with Gasteiger partial charge in [-0.3, -0.25) is 10.0 Å². The van der Waals surface area contributed by atoms with Gasteiger partial charge in [-0.1, -0.05) is 5.21 Å². The van der Waals surface area contributed by atoms with Crippen molar-refractivity contribution in [1.82, 2.24) is 20.0 Å². The second kappa shape index (κ2) is 8.86. The van der Waals surface area contributed by atoms with E-state index >= 15 is 0 Å². The summed E-state index contributed by atoms with van der Waals surface area (Å²) in [4.78, 5) is 16.7. The van der Waals surface area contributed by atoms with Gasteiger partial charge in [0.1, 0.15) is 17.7 Å². The van der Waals surface area contributed by atoms with Gasteiger partial charge in [0.15, 0.2) is 11.5 Å². The van der Waals surface area contributed by atoms with E-state index in [4.69, 9.17) is 4.74 Å². The highest BCUT2D eigenvalue weighted by atomic mass is 32.2. The summed E-state index contributed by atoms with van der Waals surface area (Å²) in [7, 11) is -1.96. The Morgan fingerprint density at radius 1 is 1.22 bits per heavy atom. The third-order valence-electron chi connectivity index (χ3n) is 4.35. The highest BCUT2D eigenvalue weighted by Crippen LogP contribution is 2.27. The summed E-state index contributed by atoms with van der Waals surface area (Å²) in [5.41, 5.74) is 1.06. The lowest BCUT2D eigenvalue weighted by Crippen LogP contribution is -2.19. The van der Waals surface area contributed by atoms with E-state index < -0.39 is 33.9 Å². The molecule has 0 fully saturated rings. The normalized spacial score (nSPS) is 12.3. The number of rotatable bonds is 6. The van der Waals surface area contributed by atoms with E-state index in [1.165, 1.54) is 30.8 Å². The van der Waals surface area contributed by atoms with Gasteiger partial charge in [0.05, 0.1) is 23.3 Å². The lowest BCUT2D eigenvalue weighted by atomic mass is 10.1. The maximum absolute atomic E-state index is 13.9. The molecule has 2 N–H and O–H groups in total. The van der Waals surface area contributed by atoms with Crippen molar-refractivity contribution in [1.29, 1.82) is 0 Å². The average molecular weight is 466 g/mol. The molecule has 0 aliphatic rings. The predicted molar refractivity (Wildman–Crippen MR) is 112 cm³/mol. The van der Waals surface area contributed by atoms with Crippen molar-refractivity contribution in [3.8, 4) is 11.4 Å². The quantitative estimate of drug-likeness (QED) is 0.571. The van der Waals surface area contributed by atoms with Gasteiger partial charge in [-0.2, -0.15) is 0 Å². The summed E-state index contributed by atoms with van der Waals surface area (Å²) < 4.78 is 59.0. The predicted octanol–water partition coefficient (Wildman–Crippen LogP) is 3.14. The highest BCUT2D eigenvalue weighted by Gasteiger charge is 2.21. The molecule has 1 amide bonds. The molecular weight excluding hydrogens is 446 g/mol. The van der Waals surface area contributed by atoms with Gasteiger partial charge in [0.25, 0.3) is 0 Å². The Morgan fingerprint density at radius 2 is 1.94 bits per heavy atom. The smallest absolute Gasteiger partial charge is 0.413 e. The highest BCUT2D eigenvalue weighted by molar-refractivity contribution is 7.92. The molecule has 0 aliphatic heterocycles. The molecule has 170 valence electrons. The van der Waals surface area contributed by atoms with Gasteiger partial charge in [-0.05, 0) is 44.2 Å². The Kier molecular flexibility index (Phi) is 6.39. The summed E-state index contributed by atoms with van der Waals surface area (Å²) in [5, 5.41) is 10.3. The molecule has 0 radical (unpaired) electrons. The van der Waals surface area contributed by atoms with Gasteiger partial charge < -0.3 is 4.74 Å². The van der Waals surface area contributed by atoms with Crippen molar-refractivity contribution in [3.63, 3.8) is 0 Å². The number of carbonyl (C=O) groups is 1. The van der Waals surface area contributed by atoms with Gasteiger partial charge in [-0.15, -0.1) is 5.10 Å². The van der Waals surface area contributed by atoms with E-state index in [1.54, 1.807) is 6.92 Å². The summed E-state index contributed by atoms with van der Waals surface area (Å²) in [6, 6.07) is 5.87. The molecule has 2 heterocycles. The first kappa shape index (κ1) is 23.1. The van der Waals surface area contributed by atoms with E-state index in [0.717, 1.165) is 24.5 Å². The van der Waals surface area contributed by atoms with Crippen LogP contribution in [-0.4, -0.2) is 40.7 Å². The van der Waals surface area contributed by atoms with Crippen molar-refractivity contribution in [3.05, 3.63) is 53.2 Å². The molecule has 3 rings (SSSR count). The van der Waals surface area contributed by atoms with Crippen LogP contribution in [0.4, 0.5) is 25.1 Å². The number of hydrogen-bond acceptors (Lipinski definition) is 7. The number of sulfonamides is 1. The van der Waals surface area contributed by atoms with Gasteiger partial charge in [0.2, 0.25) is 10.0 Å². The maximum atomic E-state index is 13.9. The lowest BCUT2D eigenvalue weighted by Gasteiger charge is -2.15. The molecule has 0 saturated heterocycles. The van der Waals surface area contributed by atoms with Crippen molar-refractivity contribution in [2.24, 2.45) is 7.05 Å². The van der Waals surface area contributed by atoms with Crippen LogP contribution in [0.25, 0.3) is 11.4 Å². The zero-order chi connectivity index (χ0) is 23.6. The number of benzene rings is 1. The van der Waals surface area contributed by atoms with Crippen LogP contribution in [0.5, 0.6) is 0 Å².